The molecule has 1 fully saturated rings. The van der Waals surface area contributed by atoms with E-state index >= 15 is 0 Å². The van der Waals surface area contributed by atoms with Gasteiger partial charge in [-0.15, -0.1) is 12.4 Å². The van der Waals surface area contributed by atoms with Gasteiger partial charge in [0.2, 0.25) is 10.0 Å². The van der Waals surface area contributed by atoms with Crippen molar-refractivity contribution in [2.75, 3.05) is 72.7 Å². The standard InChI is InChI=1S/C24H37N5O5S.ClH/c1-4-8-28-16-20-22(25-24(31)23(20)26(3)17-28)19-15-18(6-7-21(19)34-5-2)35(32,33)29-11-9-27(10-12-29)13-14-30;/h6-7,15,22,30H,4-5,8-14,16-17H2,1-3H3,(H,25,31);1H. The molecule has 1 amide bonds. The number of aliphatic hydroxyl groups excluding tert-OH is 1. The summed E-state index contributed by atoms with van der Waals surface area (Å²) >= 11 is 0. The Morgan fingerprint density at radius 1 is 1.11 bits per heavy atom. The molecule has 1 aromatic carbocycles. The first-order valence-corrected chi connectivity index (χ1v) is 13.8. The van der Waals surface area contributed by atoms with Crippen molar-refractivity contribution >= 4 is 28.3 Å². The van der Waals surface area contributed by atoms with Gasteiger partial charge in [-0.2, -0.15) is 4.31 Å². The molecular formula is C24H38ClN5O5S. The van der Waals surface area contributed by atoms with Crippen molar-refractivity contribution in [3.05, 3.63) is 35.0 Å². The first-order valence-electron chi connectivity index (χ1n) is 12.4. The number of ether oxygens (including phenoxy) is 1. The molecule has 1 unspecified atom stereocenters. The predicted molar refractivity (Wildman–Crippen MR) is 140 cm³/mol. The van der Waals surface area contributed by atoms with E-state index in [2.05, 4.69) is 22.0 Å². The summed E-state index contributed by atoms with van der Waals surface area (Å²) in [4.78, 5) is 19.4. The first kappa shape index (κ1) is 28.7. The van der Waals surface area contributed by atoms with E-state index in [1.54, 1.807) is 18.2 Å². The number of carbonyl (C=O) groups excluding carboxylic acids is 1. The summed E-state index contributed by atoms with van der Waals surface area (Å²) < 4.78 is 34.4. The number of halogens is 1. The summed E-state index contributed by atoms with van der Waals surface area (Å²) in [6, 6.07) is 4.51. The van der Waals surface area contributed by atoms with Crippen LogP contribution in [0.3, 0.4) is 0 Å². The Balaban J connectivity index is 0.00000361. The molecule has 36 heavy (non-hydrogen) atoms. The van der Waals surface area contributed by atoms with Crippen LogP contribution in [0.1, 0.15) is 31.9 Å². The molecule has 4 rings (SSSR count). The van der Waals surface area contributed by atoms with Crippen molar-refractivity contribution in [1.82, 2.24) is 24.3 Å². The van der Waals surface area contributed by atoms with Crippen LogP contribution in [0.25, 0.3) is 0 Å². The van der Waals surface area contributed by atoms with Gasteiger partial charge in [0.15, 0.2) is 0 Å². The quantitative estimate of drug-likeness (QED) is 0.472. The molecule has 1 atom stereocenters. The fourth-order valence-corrected chi connectivity index (χ4v) is 6.69. The average molecular weight is 544 g/mol. The van der Waals surface area contributed by atoms with Crippen LogP contribution in [0, 0.1) is 0 Å². The molecule has 0 saturated carbocycles. The van der Waals surface area contributed by atoms with Crippen molar-refractivity contribution in [3.8, 4) is 5.75 Å². The van der Waals surface area contributed by atoms with E-state index in [0.29, 0.717) is 69.6 Å². The molecule has 0 aromatic heterocycles. The van der Waals surface area contributed by atoms with Gasteiger partial charge in [-0.05, 0) is 43.7 Å². The van der Waals surface area contributed by atoms with Gasteiger partial charge < -0.3 is 20.1 Å². The van der Waals surface area contributed by atoms with E-state index in [1.807, 2.05) is 18.9 Å². The van der Waals surface area contributed by atoms with E-state index in [0.717, 1.165) is 18.5 Å². The molecule has 0 radical (unpaired) electrons. The maximum absolute atomic E-state index is 13.5. The lowest BCUT2D eigenvalue weighted by Gasteiger charge is -2.35. The number of carbonyl (C=O) groups is 1. The first-order chi connectivity index (χ1) is 16.8. The molecule has 2 N–H and O–H groups in total. The Labute approximate surface area is 220 Å². The summed E-state index contributed by atoms with van der Waals surface area (Å²) in [6.45, 7) is 9.20. The van der Waals surface area contributed by atoms with Gasteiger partial charge in [0.1, 0.15) is 11.4 Å². The Bertz CT molecular complexity index is 1070. The van der Waals surface area contributed by atoms with Gasteiger partial charge in [-0.3, -0.25) is 14.6 Å². The van der Waals surface area contributed by atoms with Crippen LogP contribution in [0.2, 0.25) is 0 Å². The molecule has 3 aliphatic heterocycles. The van der Waals surface area contributed by atoms with Gasteiger partial charge in [0.25, 0.3) is 5.91 Å². The van der Waals surface area contributed by atoms with Crippen LogP contribution in [0.4, 0.5) is 0 Å². The van der Waals surface area contributed by atoms with E-state index in [4.69, 9.17) is 9.84 Å². The monoisotopic (exact) mass is 543 g/mol. The lowest BCUT2D eigenvalue weighted by atomic mass is 9.97. The highest BCUT2D eigenvalue weighted by Crippen LogP contribution is 2.39. The molecule has 0 bridgehead atoms. The number of β-amino-alcohol motifs (C(OH)–C–C–N with tert-alkyl or cyclic N) is 1. The number of hydrogen-bond acceptors (Lipinski definition) is 8. The number of piperazine rings is 1. The SMILES string of the molecule is CCCN1CC2=C(C(=O)NC2c2cc(S(=O)(=O)N3CCN(CCO)CC3)ccc2OCC)N(C)C1.Cl. The minimum atomic E-state index is -3.72. The Morgan fingerprint density at radius 2 is 1.83 bits per heavy atom. The van der Waals surface area contributed by atoms with Crippen LogP contribution >= 0.6 is 12.4 Å². The Morgan fingerprint density at radius 3 is 2.47 bits per heavy atom. The summed E-state index contributed by atoms with van der Waals surface area (Å²) in [5.41, 5.74) is 2.28. The lowest BCUT2D eigenvalue weighted by Crippen LogP contribution is -2.49. The Kier molecular flexibility index (Phi) is 9.64. The number of nitrogens with zero attached hydrogens (tertiary/aromatic N) is 4. The van der Waals surface area contributed by atoms with E-state index in [-0.39, 0.29) is 29.8 Å². The second kappa shape index (κ2) is 12.1. The number of rotatable bonds is 9. The van der Waals surface area contributed by atoms with Gasteiger partial charge >= 0.3 is 0 Å². The maximum atomic E-state index is 13.5. The van der Waals surface area contributed by atoms with Crippen LogP contribution in [0.15, 0.2) is 34.4 Å². The minimum absolute atomic E-state index is 0. The fraction of sp³-hybridized carbons (Fsp3) is 0.625. The smallest absolute Gasteiger partial charge is 0.268 e. The highest BCUT2D eigenvalue weighted by Gasteiger charge is 2.40. The molecule has 0 spiro atoms. The molecule has 202 valence electrons. The number of amides is 1. The zero-order chi connectivity index (χ0) is 25.2. The van der Waals surface area contributed by atoms with Crippen molar-refractivity contribution in [3.63, 3.8) is 0 Å². The highest BCUT2D eigenvalue weighted by atomic mass is 35.5. The number of nitrogens with one attached hydrogen (secondary N) is 1. The van der Waals surface area contributed by atoms with Gasteiger partial charge in [-0.1, -0.05) is 6.92 Å². The Hall–Kier alpha value is -1.89. The highest BCUT2D eigenvalue weighted by molar-refractivity contribution is 7.89. The number of aliphatic hydroxyl groups is 1. The van der Waals surface area contributed by atoms with Crippen LogP contribution in [0.5, 0.6) is 5.75 Å². The van der Waals surface area contributed by atoms with Crippen LogP contribution in [-0.2, 0) is 14.8 Å². The van der Waals surface area contributed by atoms with Gasteiger partial charge in [-0.25, -0.2) is 8.42 Å². The number of benzene rings is 1. The average Bonchev–Trinajstić information content (AvgIpc) is 3.16. The van der Waals surface area contributed by atoms with Crippen molar-refractivity contribution < 1.29 is 23.1 Å². The number of hydrogen-bond donors (Lipinski definition) is 2. The van der Waals surface area contributed by atoms with E-state index in [9.17, 15) is 13.2 Å². The maximum Gasteiger partial charge on any atom is 0.268 e. The van der Waals surface area contributed by atoms with Gasteiger partial charge in [0.05, 0.1) is 30.8 Å². The van der Waals surface area contributed by atoms with Crippen molar-refractivity contribution in [1.29, 1.82) is 0 Å². The third-order valence-corrected chi connectivity index (χ3v) is 8.74. The minimum Gasteiger partial charge on any atom is -0.494 e. The van der Waals surface area contributed by atoms with Crippen molar-refractivity contribution in [2.24, 2.45) is 0 Å². The van der Waals surface area contributed by atoms with Gasteiger partial charge in [0, 0.05) is 51.9 Å². The fourth-order valence-electron chi connectivity index (χ4n) is 5.23. The molecule has 12 heteroatoms. The molecule has 1 saturated heterocycles. The summed E-state index contributed by atoms with van der Waals surface area (Å²) in [7, 11) is -1.80. The molecule has 1 aromatic rings. The molecular weight excluding hydrogens is 506 g/mol. The largest absolute Gasteiger partial charge is 0.494 e. The van der Waals surface area contributed by atoms with Crippen molar-refractivity contribution in [2.45, 2.75) is 31.2 Å². The second-order valence-electron chi connectivity index (χ2n) is 9.27. The normalized spacial score (nSPS) is 21.8. The van der Waals surface area contributed by atoms with E-state index in [1.165, 1.54) is 4.31 Å². The summed E-state index contributed by atoms with van der Waals surface area (Å²) in [5, 5.41) is 12.2. The van der Waals surface area contributed by atoms with Crippen LogP contribution in [-0.4, -0.2) is 111 Å². The van der Waals surface area contributed by atoms with Crippen LogP contribution < -0.4 is 10.1 Å². The lowest BCUT2D eigenvalue weighted by molar-refractivity contribution is -0.118. The summed E-state index contributed by atoms with van der Waals surface area (Å²) in [5.74, 6) is 0.438. The zero-order valence-corrected chi connectivity index (χ0v) is 22.9. The third-order valence-electron chi connectivity index (χ3n) is 6.85. The summed E-state index contributed by atoms with van der Waals surface area (Å²) in [6.07, 6.45) is 1.01. The predicted octanol–water partition coefficient (Wildman–Crippen LogP) is 0.846. The molecule has 3 aliphatic rings. The van der Waals surface area contributed by atoms with E-state index < -0.39 is 16.1 Å². The second-order valence-corrected chi connectivity index (χ2v) is 11.2. The number of sulfonamides is 1. The number of likely N-dealkylation sites (N-methyl/N-ethyl adjacent to an activating group) is 1. The molecule has 0 aliphatic carbocycles. The molecule has 3 heterocycles. The third kappa shape index (κ3) is 5.66. The topological polar surface area (TPSA) is 106 Å². The zero-order valence-electron chi connectivity index (χ0n) is 21.3. The molecule has 10 nitrogen and oxygen atoms in total.